The van der Waals surface area contributed by atoms with E-state index in [9.17, 15) is 33.9 Å². The van der Waals surface area contributed by atoms with Crippen molar-refractivity contribution in [2.75, 3.05) is 13.1 Å². The van der Waals surface area contributed by atoms with Crippen molar-refractivity contribution < 1.29 is 61.0 Å². The Morgan fingerprint density at radius 3 is 1.32 bits per heavy atom. The van der Waals surface area contributed by atoms with Gasteiger partial charge in [0.05, 0.1) is 6.04 Å². The van der Waals surface area contributed by atoms with Gasteiger partial charge in [-0.2, -0.15) is 0 Å². The van der Waals surface area contributed by atoms with Crippen LogP contribution in [0.15, 0.2) is 103 Å². The van der Waals surface area contributed by atoms with Crippen molar-refractivity contribution in [3.8, 4) is 0 Å². The topological polar surface area (TPSA) is 331 Å². The molecule has 0 fully saturated rings. The lowest BCUT2D eigenvalue weighted by molar-refractivity contribution is 0.0689. The summed E-state index contributed by atoms with van der Waals surface area (Å²) < 4.78 is 33.0. The number of rotatable bonds is 27. The van der Waals surface area contributed by atoms with Gasteiger partial charge >= 0.3 is 18.2 Å². The molecule has 4 aromatic heterocycles. The Kier molecular flexibility index (Phi) is 19.8. The number of carbonyl (C=O) groups is 6. The summed E-state index contributed by atoms with van der Waals surface area (Å²) >= 11 is 0. The van der Waals surface area contributed by atoms with Gasteiger partial charge in [-0.3, -0.25) is 14.4 Å². The van der Waals surface area contributed by atoms with Crippen molar-refractivity contribution in [3.63, 3.8) is 0 Å². The minimum atomic E-state index is -1.35. The average Bonchev–Trinajstić information content (AvgIpc) is 4.23. The van der Waals surface area contributed by atoms with E-state index in [-0.39, 0.29) is 110 Å². The van der Waals surface area contributed by atoms with Gasteiger partial charge in [-0.25, -0.2) is 34.3 Å². The van der Waals surface area contributed by atoms with Gasteiger partial charge in [0.15, 0.2) is 22.8 Å². The van der Waals surface area contributed by atoms with Crippen molar-refractivity contribution in [1.29, 1.82) is 0 Å². The van der Waals surface area contributed by atoms with E-state index in [1.807, 2.05) is 88.4 Å². The molecule has 0 saturated heterocycles. The molecule has 0 unspecified atom stereocenters. The Balaban J connectivity index is 1.13. The molecule has 0 spiro atoms. The minimum Gasteiger partial charge on any atom is -0.476 e. The van der Waals surface area contributed by atoms with E-state index in [1.165, 1.54) is 6.26 Å². The quantitative estimate of drug-likeness (QED) is 0.0250. The van der Waals surface area contributed by atoms with Gasteiger partial charge in [0.2, 0.25) is 23.6 Å². The normalized spacial score (nSPS) is 12.9. The van der Waals surface area contributed by atoms with Crippen LogP contribution in [0.1, 0.15) is 167 Å². The van der Waals surface area contributed by atoms with Gasteiger partial charge in [-0.1, -0.05) is 88.4 Å². The van der Waals surface area contributed by atoms with E-state index in [4.69, 9.17) is 32.9 Å². The van der Waals surface area contributed by atoms with Crippen LogP contribution in [0.4, 0.5) is 9.59 Å². The molecule has 73 heavy (non-hydrogen) atoms. The van der Waals surface area contributed by atoms with Crippen molar-refractivity contribution in [3.05, 3.63) is 143 Å². The van der Waals surface area contributed by atoms with E-state index >= 15 is 0 Å². The molecule has 5 amide bonds. The lowest BCUT2D eigenvalue weighted by Crippen LogP contribution is -2.32. The Labute approximate surface area is 419 Å². The first kappa shape index (κ1) is 54.0. The Morgan fingerprint density at radius 2 is 0.904 bits per heavy atom. The molecule has 2 aromatic carbocycles. The van der Waals surface area contributed by atoms with Gasteiger partial charge in [0.1, 0.15) is 56.4 Å². The van der Waals surface area contributed by atoms with Crippen molar-refractivity contribution in [2.45, 2.75) is 104 Å². The monoisotopic (exact) mass is 1010 g/mol. The number of hydrogen-bond acceptors (Lipinski definition) is 17. The van der Waals surface area contributed by atoms with Crippen LogP contribution in [0.2, 0.25) is 0 Å². The highest BCUT2D eigenvalue weighted by atomic mass is 16.6. The van der Waals surface area contributed by atoms with Crippen LogP contribution in [-0.2, 0) is 22.7 Å². The average molecular weight is 1010 g/mol. The number of nitrogens with zero attached hydrogens (tertiary/aromatic N) is 4. The summed E-state index contributed by atoms with van der Waals surface area (Å²) in [6.07, 6.45) is 4.84. The predicted octanol–water partition coefficient (Wildman–Crippen LogP) is 7.26. The predicted molar refractivity (Wildman–Crippen MR) is 257 cm³/mol. The molecule has 4 atom stereocenters. The van der Waals surface area contributed by atoms with E-state index in [0.29, 0.717) is 12.8 Å². The highest BCUT2D eigenvalue weighted by Crippen LogP contribution is 2.25. The Hall–Kier alpha value is -8.34. The van der Waals surface area contributed by atoms with Crippen LogP contribution >= 0.6 is 0 Å². The van der Waals surface area contributed by atoms with Gasteiger partial charge in [0.25, 0.3) is 17.7 Å². The second kappa shape index (κ2) is 26.8. The van der Waals surface area contributed by atoms with Crippen LogP contribution in [0.5, 0.6) is 0 Å². The van der Waals surface area contributed by atoms with Gasteiger partial charge in [-0.15, -0.1) is 0 Å². The summed E-state index contributed by atoms with van der Waals surface area (Å²) in [5, 5.41) is 23.2. The van der Waals surface area contributed by atoms with Crippen molar-refractivity contribution in [2.24, 2.45) is 17.6 Å². The smallest absolute Gasteiger partial charge is 0.407 e. The highest BCUT2D eigenvalue weighted by molar-refractivity contribution is 5.93. The highest BCUT2D eigenvalue weighted by Gasteiger charge is 2.29. The summed E-state index contributed by atoms with van der Waals surface area (Å²) in [6, 6.07) is 15.0. The van der Waals surface area contributed by atoms with Crippen LogP contribution in [0, 0.1) is 11.8 Å². The van der Waals surface area contributed by atoms with Crippen molar-refractivity contribution >= 4 is 35.9 Å². The van der Waals surface area contributed by atoms with Crippen LogP contribution in [0.25, 0.3) is 0 Å². The number of hydrogen-bond donors (Lipinski definition) is 7. The van der Waals surface area contributed by atoms with E-state index in [0.717, 1.165) is 29.9 Å². The number of amides is 5. The molecule has 6 aromatic rings. The number of ether oxygens (including phenoxy) is 2. The van der Waals surface area contributed by atoms with Gasteiger partial charge < -0.3 is 64.6 Å². The first-order chi connectivity index (χ1) is 35.1. The Bertz CT molecular complexity index is 2730. The van der Waals surface area contributed by atoms with E-state index < -0.39 is 60.0 Å². The molecule has 23 heteroatoms. The fourth-order valence-electron chi connectivity index (χ4n) is 7.27. The molecule has 0 aliphatic carbocycles. The number of aromatic nitrogens is 4. The fourth-order valence-corrected chi connectivity index (χ4v) is 7.27. The lowest BCUT2D eigenvalue weighted by atomic mass is 10.0. The molecule has 4 heterocycles. The lowest BCUT2D eigenvalue weighted by Gasteiger charge is -2.17. The summed E-state index contributed by atoms with van der Waals surface area (Å²) in [6.45, 7) is 8.27. The third-order valence-electron chi connectivity index (χ3n) is 10.9. The zero-order valence-corrected chi connectivity index (χ0v) is 40.8. The standard InChI is InChI=1S/C50H60N10O13/c1-29(2)21-33(51)44-57-37(25-68-44)43(63)56-36(22-30(3)4)47-59-39(27-70-47)42(62)54-34(17-11-19-52-49(66)72-23-31-13-7-5-8-14-31)45-58-38(26-69-45)41(61)55-35(46-60-40(28-71-46)48(64)65)18-12-20-53-50(67)73-24-32-15-9-6-10-16-32/h5-10,13-16,25-30,33-36H,11-12,17-24,51H2,1-4H3,(H,52,66)(H,53,67)(H,54,62)(H,55,61)(H,56,63)(H,64,65)/t33-,34-,35-,36-/m0/s1. The molecule has 0 saturated carbocycles. The SMILES string of the molecule is CC(C)C[C@H](NC(=O)c1coc([C@@H](N)CC(C)C)n1)c1nc(C(=O)N[C@@H](CCCNC(=O)OCc2ccccc2)c2nc(C(=O)N[C@@H](CCCNC(=O)OCc3ccccc3)c3nc(C(=O)O)co3)co2)co1. The largest absolute Gasteiger partial charge is 0.476 e. The third-order valence-corrected chi connectivity index (χ3v) is 10.9. The second-order valence-corrected chi connectivity index (χ2v) is 17.8. The molecular weight excluding hydrogens is 949 g/mol. The van der Waals surface area contributed by atoms with Gasteiger partial charge in [-0.05, 0) is 61.5 Å². The number of nitrogens with one attached hydrogen (secondary N) is 5. The molecule has 388 valence electrons. The fraction of sp³-hybridized carbons (Fsp3) is 0.400. The van der Waals surface area contributed by atoms with Crippen LogP contribution in [0.3, 0.4) is 0 Å². The second-order valence-electron chi connectivity index (χ2n) is 17.8. The van der Waals surface area contributed by atoms with E-state index in [1.54, 1.807) is 0 Å². The van der Waals surface area contributed by atoms with Crippen LogP contribution in [-0.4, -0.2) is 74.0 Å². The summed E-state index contributed by atoms with van der Waals surface area (Å²) in [7, 11) is 0. The molecule has 0 radical (unpaired) electrons. The number of oxazole rings is 4. The maximum absolute atomic E-state index is 13.9. The molecule has 0 bridgehead atoms. The van der Waals surface area contributed by atoms with Crippen LogP contribution < -0.4 is 32.3 Å². The first-order valence-corrected chi connectivity index (χ1v) is 23.7. The zero-order chi connectivity index (χ0) is 52.3. The summed E-state index contributed by atoms with van der Waals surface area (Å²) in [5.74, 6) is -2.98. The summed E-state index contributed by atoms with van der Waals surface area (Å²) in [5.41, 5.74) is 7.08. The molecule has 0 aliphatic rings. The maximum atomic E-state index is 13.9. The minimum absolute atomic E-state index is 0.0139. The van der Waals surface area contributed by atoms with Gasteiger partial charge in [0, 0.05) is 13.1 Å². The molecule has 23 nitrogen and oxygen atoms in total. The zero-order valence-electron chi connectivity index (χ0n) is 40.8. The number of carbonyl (C=O) groups excluding carboxylic acids is 5. The van der Waals surface area contributed by atoms with Crippen molar-refractivity contribution in [1.82, 2.24) is 46.5 Å². The summed E-state index contributed by atoms with van der Waals surface area (Å²) in [4.78, 5) is 94.7. The molecule has 6 rings (SSSR count). The maximum Gasteiger partial charge on any atom is 0.407 e. The number of nitrogens with two attached hydrogens (primary N) is 1. The molecule has 8 N–H and O–H groups in total. The third kappa shape index (κ3) is 16.9. The number of carboxylic acid groups (broad SMARTS) is 1. The number of alkyl carbamates (subject to hydrolysis) is 2. The number of aromatic carboxylic acids is 1. The number of benzene rings is 2. The van der Waals surface area contributed by atoms with E-state index in [2.05, 4.69) is 46.5 Å². The first-order valence-electron chi connectivity index (χ1n) is 23.7. The number of carboxylic acids is 1. The Morgan fingerprint density at radius 1 is 0.534 bits per heavy atom. The molecule has 0 aliphatic heterocycles. The molecular formula is C50H60N10O13.